The molecule has 2 aliphatic heterocycles. The van der Waals surface area contributed by atoms with Crippen molar-refractivity contribution in [2.45, 2.75) is 44.2 Å². The van der Waals surface area contributed by atoms with Gasteiger partial charge in [-0.1, -0.05) is 0 Å². The monoisotopic (exact) mass is 238 g/mol. The summed E-state index contributed by atoms with van der Waals surface area (Å²) in [7, 11) is 0. The quantitative estimate of drug-likeness (QED) is 0.743. The van der Waals surface area contributed by atoms with E-state index in [9.17, 15) is 9.59 Å². The van der Waals surface area contributed by atoms with E-state index in [-0.39, 0.29) is 18.0 Å². The lowest BCUT2D eigenvalue weighted by atomic mass is 9.96. The number of carbonyl (C=O) groups is 2. The molecule has 1 saturated carbocycles. The number of rotatable bonds is 3. The van der Waals surface area contributed by atoms with E-state index in [2.05, 4.69) is 5.32 Å². The first kappa shape index (κ1) is 11.0. The molecule has 3 fully saturated rings. The average molecular weight is 238 g/mol. The Hall–Kier alpha value is -1.10. The van der Waals surface area contributed by atoms with Gasteiger partial charge < -0.3 is 10.1 Å². The number of ether oxygens (including phenoxy) is 1. The number of amides is 3. The van der Waals surface area contributed by atoms with Gasteiger partial charge in [-0.2, -0.15) is 0 Å². The maximum Gasteiger partial charge on any atom is 0.325 e. The molecule has 0 aromatic carbocycles. The second-order valence-electron chi connectivity index (χ2n) is 5.46. The normalized spacial score (nSPS) is 37.7. The molecule has 3 rings (SSSR count). The van der Waals surface area contributed by atoms with E-state index in [4.69, 9.17) is 4.74 Å². The molecule has 5 heteroatoms. The zero-order valence-electron chi connectivity index (χ0n) is 10.1. The molecule has 0 spiro atoms. The summed E-state index contributed by atoms with van der Waals surface area (Å²) >= 11 is 0. The Kier molecular flexibility index (Phi) is 2.40. The average Bonchev–Trinajstić information content (AvgIpc) is 2.99. The minimum Gasteiger partial charge on any atom is -0.376 e. The van der Waals surface area contributed by atoms with E-state index >= 15 is 0 Å². The maximum absolute atomic E-state index is 12.3. The predicted molar refractivity (Wildman–Crippen MR) is 60.3 cm³/mol. The largest absolute Gasteiger partial charge is 0.376 e. The van der Waals surface area contributed by atoms with Crippen molar-refractivity contribution >= 4 is 11.9 Å². The fourth-order valence-corrected chi connectivity index (χ4v) is 2.81. The molecule has 1 aliphatic carbocycles. The Morgan fingerprint density at radius 3 is 2.76 bits per heavy atom. The summed E-state index contributed by atoms with van der Waals surface area (Å²) in [5, 5.41) is 2.85. The third-order valence-electron chi connectivity index (χ3n) is 4.11. The number of nitrogens with zero attached hydrogens (tertiary/aromatic N) is 1. The van der Waals surface area contributed by atoms with Crippen LogP contribution < -0.4 is 5.32 Å². The fraction of sp³-hybridized carbons (Fsp3) is 0.833. The summed E-state index contributed by atoms with van der Waals surface area (Å²) in [4.78, 5) is 25.5. The highest BCUT2D eigenvalue weighted by molar-refractivity contribution is 6.07. The van der Waals surface area contributed by atoms with E-state index in [0.29, 0.717) is 12.5 Å². The summed E-state index contributed by atoms with van der Waals surface area (Å²) in [5.41, 5.74) is -0.657. The van der Waals surface area contributed by atoms with E-state index in [1.807, 2.05) is 6.92 Å². The first-order valence-corrected chi connectivity index (χ1v) is 6.37. The van der Waals surface area contributed by atoms with Crippen molar-refractivity contribution in [2.24, 2.45) is 5.92 Å². The standard InChI is InChI=1S/C12H18N2O3/c1-12(8-4-5-8)10(15)14(11(16)13-12)7-9-3-2-6-17-9/h8-9H,2-7H2,1H3,(H,13,16). The van der Waals surface area contributed by atoms with Gasteiger partial charge in [0.05, 0.1) is 12.6 Å². The van der Waals surface area contributed by atoms with Crippen LogP contribution in [0, 0.1) is 5.92 Å². The van der Waals surface area contributed by atoms with E-state index in [0.717, 1.165) is 32.3 Å². The van der Waals surface area contributed by atoms with Gasteiger partial charge in [-0.05, 0) is 38.5 Å². The van der Waals surface area contributed by atoms with E-state index in [1.54, 1.807) is 0 Å². The molecule has 5 nitrogen and oxygen atoms in total. The molecule has 2 unspecified atom stereocenters. The van der Waals surface area contributed by atoms with Crippen LogP contribution in [0.4, 0.5) is 4.79 Å². The number of nitrogens with one attached hydrogen (secondary N) is 1. The molecule has 2 atom stereocenters. The van der Waals surface area contributed by atoms with Crippen LogP contribution in [0.2, 0.25) is 0 Å². The summed E-state index contributed by atoms with van der Waals surface area (Å²) < 4.78 is 5.48. The van der Waals surface area contributed by atoms with Gasteiger partial charge in [0.2, 0.25) is 0 Å². The lowest BCUT2D eigenvalue weighted by molar-refractivity contribution is -0.132. The fourth-order valence-electron chi connectivity index (χ4n) is 2.81. The number of hydrogen-bond donors (Lipinski definition) is 1. The molecule has 2 saturated heterocycles. The van der Waals surface area contributed by atoms with Crippen LogP contribution in [-0.4, -0.2) is 41.6 Å². The Balaban J connectivity index is 1.72. The molecule has 0 radical (unpaired) electrons. The van der Waals surface area contributed by atoms with Crippen LogP contribution in [0.15, 0.2) is 0 Å². The summed E-state index contributed by atoms with van der Waals surface area (Å²) in [5.74, 6) is 0.258. The highest BCUT2D eigenvalue weighted by atomic mass is 16.5. The van der Waals surface area contributed by atoms with Crippen molar-refractivity contribution in [3.05, 3.63) is 0 Å². The number of urea groups is 1. The molecule has 0 aromatic rings. The molecule has 2 heterocycles. The van der Waals surface area contributed by atoms with Gasteiger partial charge in [0.15, 0.2) is 0 Å². The number of imide groups is 1. The topological polar surface area (TPSA) is 58.6 Å². The third kappa shape index (κ3) is 1.73. The van der Waals surface area contributed by atoms with Crippen molar-refractivity contribution in [1.29, 1.82) is 0 Å². The molecule has 3 amide bonds. The minimum absolute atomic E-state index is 0.0336. The molecule has 17 heavy (non-hydrogen) atoms. The van der Waals surface area contributed by atoms with Crippen LogP contribution in [0.5, 0.6) is 0 Å². The molecule has 1 N–H and O–H groups in total. The number of hydrogen-bond acceptors (Lipinski definition) is 3. The van der Waals surface area contributed by atoms with Gasteiger partial charge in [-0.3, -0.25) is 9.69 Å². The van der Waals surface area contributed by atoms with Crippen LogP contribution in [0.3, 0.4) is 0 Å². The minimum atomic E-state index is -0.657. The molecule has 0 aromatic heterocycles. The lowest BCUT2D eigenvalue weighted by Crippen LogP contribution is -2.46. The Morgan fingerprint density at radius 2 is 2.18 bits per heavy atom. The van der Waals surface area contributed by atoms with Crippen LogP contribution >= 0.6 is 0 Å². The predicted octanol–water partition coefficient (Wildman–Crippen LogP) is 0.886. The van der Waals surface area contributed by atoms with Gasteiger partial charge in [0.25, 0.3) is 5.91 Å². The Bertz CT molecular complexity index is 361. The zero-order chi connectivity index (χ0) is 12.0. The first-order chi connectivity index (χ1) is 8.11. The summed E-state index contributed by atoms with van der Waals surface area (Å²) in [6.07, 6.45) is 4.07. The smallest absolute Gasteiger partial charge is 0.325 e. The second kappa shape index (κ2) is 3.70. The number of carbonyl (C=O) groups excluding carboxylic acids is 2. The zero-order valence-corrected chi connectivity index (χ0v) is 10.1. The molecule has 0 bridgehead atoms. The van der Waals surface area contributed by atoms with Gasteiger partial charge in [-0.15, -0.1) is 0 Å². The van der Waals surface area contributed by atoms with Crippen molar-refractivity contribution in [1.82, 2.24) is 10.2 Å². The highest BCUT2D eigenvalue weighted by Gasteiger charge is 2.56. The maximum atomic E-state index is 12.3. The van der Waals surface area contributed by atoms with Gasteiger partial charge in [-0.25, -0.2) is 4.79 Å². The van der Waals surface area contributed by atoms with E-state index < -0.39 is 5.54 Å². The molecular formula is C12H18N2O3. The van der Waals surface area contributed by atoms with Gasteiger partial charge in [0.1, 0.15) is 5.54 Å². The Morgan fingerprint density at radius 1 is 1.41 bits per heavy atom. The van der Waals surface area contributed by atoms with Crippen molar-refractivity contribution in [2.75, 3.05) is 13.2 Å². The molecular weight excluding hydrogens is 220 g/mol. The summed E-state index contributed by atoms with van der Waals surface area (Å²) in [6, 6.07) is -0.250. The van der Waals surface area contributed by atoms with Crippen LogP contribution in [0.1, 0.15) is 32.6 Å². The molecule has 94 valence electrons. The van der Waals surface area contributed by atoms with Gasteiger partial charge >= 0.3 is 6.03 Å². The van der Waals surface area contributed by atoms with Crippen LogP contribution in [-0.2, 0) is 9.53 Å². The highest BCUT2D eigenvalue weighted by Crippen LogP contribution is 2.42. The van der Waals surface area contributed by atoms with Crippen molar-refractivity contribution in [3.8, 4) is 0 Å². The van der Waals surface area contributed by atoms with E-state index in [1.165, 1.54) is 4.90 Å². The first-order valence-electron chi connectivity index (χ1n) is 6.37. The lowest BCUT2D eigenvalue weighted by Gasteiger charge is -2.22. The third-order valence-corrected chi connectivity index (χ3v) is 4.11. The SMILES string of the molecule is CC1(C2CC2)NC(=O)N(CC2CCCO2)C1=O. The van der Waals surface area contributed by atoms with Gasteiger partial charge in [0, 0.05) is 6.61 Å². The summed E-state index contributed by atoms with van der Waals surface area (Å²) in [6.45, 7) is 3.00. The van der Waals surface area contributed by atoms with Crippen molar-refractivity contribution < 1.29 is 14.3 Å². The van der Waals surface area contributed by atoms with Crippen molar-refractivity contribution in [3.63, 3.8) is 0 Å². The Labute approximate surface area is 100 Å². The molecule has 3 aliphatic rings. The van der Waals surface area contributed by atoms with Crippen LogP contribution in [0.25, 0.3) is 0 Å². The second-order valence-corrected chi connectivity index (χ2v) is 5.46.